The molecule has 9 heteroatoms. The zero-order valence-electron chi connectivity index (χ0n) is 18.7. The van der Waals surface area contributed by atoms with E-state index in [0.29, 0.717) is 38.1 Å². The summed E-state index contributed by atoms with van der Waals surface area (Å²) in [5.41, 5.74) is 1.80. The molecule has 2 aromatic rings. The summed E-state index contributed by atoms with van der Waals surface area (Å²) in [6.07, 6.45) is 2.75. The Morgan fingerprint density at radius 3 is 2.42 bits per heavy atom. The van der Waals surface area contributed by atoms with Crippen LogP contribution in [0.1, 0.15) is 31.2 Å². The number of methoxy groups -OCH3 is 1. The van der Waals surface area contributed by atoms with Gasteiger partial charge >= 0.3 is 0 Å². The molecule has 2 fully saturated rings. The zero-order chi connectivity index (χ0) is 23.4. The second-order valence-electron chi connectivity index (χ2n) is 8.41. The molecule has 1 N–H and O–H groups in total. The van der Waals surface area contributed by atoms with Crippen molar-refractivity contribution >= 4 is 27.5 Å². The zero-order valence-corrected chi connectivity index (χ0v) is 19.5. The van der Waals surface area contributed by atoms with Gasteiger partial charge in [-0.25, -0.2) is 8.42 Å². The third kappa shape index (κ3) is 5.20. The maximum atomic E-state index is 13.0. The summed E-state index contributed by atoms with van der Waals surface area (Å²) in [5.74, 6) is 0.184. The first-order valence-corrected chi connectivity index (χ1v) is 12.6. The number of rotatable bonds is 7. The molecule has 2 aliphatic rings. The van der Waals surface area contributed by atoms with Crippen LogP contribution in [0.25, 0.3) is 0 Å². The summed E-state index contributed by atoms with van der Waals surface area (Å²) in [4.78, 5) is 26.6. The predicted octanol–water partition coefficient (Wildman–Crippen LogP) is 2.54. The fourth-order valence-electron chi connectivity index (χ4n) is 4.32. The highest BCUT2D eigenvalue weighted by Gasteiger charge is 2.33. The number of piperidine rings is 1. The largest absolute Gasteiger partial charge is 0.497 e. The lowest BCUT2D eigenvalue weighted by atomic mass is 9.98. The molecule has 4 rings (SSSR count). The molecule has 2 aromatic carbocycles. The second-order valence-corrected chi connectivity index (χ2v) is 10.3. The van der Waals surface area contributed by atoms with Crippen LogP contribution in [-0.4, -0.2) is 51.3 Å². The summed E-state index contributed by atoms with van der Waals surface area (Å²) in [7, 11) is -2.14. The first kappa shape index (κ1) is 23.3. The van der Waals surface area contributed by atoms with E-state index in [9.17, 15) is 18.0 Å². The van der Waals surface area contributed by atoms with Crippen molar-refractivity contribution < 1.29 is 22.7 Å². The van der Waals surface area contributed by atoms with Gasteiger partial charge in [-0.05, 0) is 61.2 Å². The quantitative estimate of drug-likeness (QED) is 0.670. The van der Waals surface area contributed by atoms with E-state index in [1.165, 1.54) is 23.5 Å². The van der Waals surface area contributed by atoms with Crippen LogP contribution >= 0.6 is 0 Å². The molecule has 0 saturated carbocycles. The van der Waals surface area contributed by atoms with E-state index in [1.54, 1.807) is 17.0 Å². The molecular formula is C24H29N3O5S. The van der Waals surface area contributed by atoms with Crippen molar-refractivity contribution in [2.75, 3.05) is 31.6 Å². The molecule has 2 heterocycles. The van der Waals surface area contributed by atoms with Crippen LogP contribution in [0.2, 0.25) is 0 Å². The number of anilines is 1. The van der Waals surface area contributed by atoms with Gasteiger partial charge in [-0.2, -0.15) is 4.31 Å². The Labute approximate surface area is 194 Å². The Morgan fingerprint density at radius 2 is 1.79 bits per heavy atom. The predicted molar refractivity (Wildman–Crippen MR) is 124 cm³/mol. The normalized spacial score (nSPS) is 19.5. The Kier molecular flexibility index (Phi) is 6.99. The molecule has 1 atom stereocenters. The van der Waals surface area contributed by atoms with Gasteiger partial charge in [0.25, 0.3) is 0 Å². The van der Waals surface area contributed by atoms with Gasteiger partial charge in [0.15, 0.2) is 0 Å². The fourth-order valence-corrected chi connectivity index (χ4v) is 5.84. The van der Waals surface area contributed by atoms with Crippen LogP contribution in [0.3, 0.4) is 0 Å². The third-order valence-electron chi connectivity index (χ3n) is 6.24. The first-order valence-electron chi connectivity index (χ1n) is 11.2. The maximum absolute atomic E-state index is 13.0. The minimum absolute atomic E-state index is 0.141. The lowest BCUT2D eigenvalue weighted by molar-refractivity contribution is -0.126. The molecule has 2 amide bonds. The number of hydrogen-bond acceptors (Lipinski definition) is 5. The first-order chi connectivity index (χ1) is 15.9. The van der Waals surface area contributed by atoms with Crippen molar-refractivity contribution in [3.05, 3.63) is 54.1 Å². The van der Waals surface area contributed by atoms with Gasteiger partial charge in [-0.1, -0.05) is 12.1 Å². The Balaban J connectivity index is 1.34. The molecule has 0 bridgehead atoms. The molecule has 0 unspecified atom stereocenters. The standard InChI is InChI=1S/C24H29N3O5S/c1-32-21-10-12-22(13-11-21)33(30,31)26-14-2-4-19(17-26)24(29)25-16-18-6-8-20(9-7-18)27-15-3-5-23(27)28/h6-13,19H,2-5,14-17H2,1H3,(H,25,29)/t19-/m0/s1. The smallest absolute Gasteiger partial charge is 0.243 e. The van der Waals surface area contributed by atoms with Gasteiger partial charge in [0.1, 0.15) is 5.75 Å². The van der Waals surface area contributed by atoms with E-state index < -0.39 is 15.9 Å². The topological polar surface area (TPSA) is 96.0 Å². The average molecular weight is 472 g/mol. The lowest BCUT2D eigenvalue weighted by Gasteiger charge is -2.31. The number of amides is 2. The highest BCUT2D eigenvalue weighted by Crippen LogP contribution is 2.26. The Hall–Kier alpha value is -2.91. The monoisotopic (exact) mass is 471 g/mol. The van der Waals surface area contributed by atoms with E-state index in [-0.39, 0.29) is 23.3 Å². The van der Waals surface area contributed by atoms with Crippen LogP contribution in [0.4, 0.5) is 5.69 Å². The molecule has 0 spiro atoms. The molecule has 8 nitrogen and oxygen atoms in total. The number of benzene rings is 2. The highest BCUT2D eigenvalue weighted by atomic mass is 32.2. The summed E-state index contributed by atoms with van der Waals surface area (Å²) >= 11 is 0. The average Bonchev–Trinajstić information content (AvgIpc) is 3.28. The van der Waals surface area contributed by atoms with Crippen molar-refractivity contribution in [3.8, 4) is 5.75 Å². The molecule has 2 aliphatic heterocycles. The van der Waals surface area contributed by atoms with Crippen molar-refractivity contribution in [1.29, 1.82) is 0 Å². The number of nitrogens with one attached hydrogen (secondary N) is 1. The molecular weight excluding hydrogens is 442 g/mol. The third-order valence-corrected chi connectivity index (χ3v) is 8.12. The SMILES string of the molecule is COc1ccc(S(=O)(=O)N2CCC[C@H](C(=O)NCc3ccc(N4CCCC4=O)cc3)C2)cc1. The number of nitrogens with zero attached hydrogens (tertiary/aromatic N) is 2. The fraction of sp³-hybridized carbons (Fsp3) is 0.417. The van der Waals surface area contributed by atoms with Crippen LogP contribution < -0.4 is 15.0 Å². The number of sulfonamides is 1. The van der Waals surface area contributed by atoms with Gasteiger partial charge in [0, 0.05) is 38.3 Å². The van der Waals surface area contributed by atoms with E-state index in [2.05, 4.69) is 5.32 Å². The molecule has 0 aromatic heterocycles. The second kappa shape index (κ2) is 9.93. The molecule has 2 saturated heterocycles. The minimum Gasteiger partial charge on any atom is -0.497 e. The van der Waals surface area contributed by atoms with Crippen molar-refractivity contribution in [3.63, 3.8) is 0 Å². The number of carbonyl (C=O) groups is 2. The number of hydrogen-bond donors (Lipinski definition) is 1. The van der Waals surface area contributed by atoms with Crippen LogP contribution in [-0.2, 0) is 26.2 Å². The highest BCUT2D eigenvalue weighted by molar-refractivity contribution is 7.89. The van der Waals surface area contributed by atoms with Gasteiger partial charge in [0.05, 0.1) is 17.9 Å². The molecule has 33 heavy (non-hydrogen) atoms. The van der Waals surface area contributed by atoms with Crippen LogP contribution in [0, 0.1) is 5.92 Å². The molecule has 0 radical (unpaired) electrons. The summed E-state index contributed by atoms with van der Waals surface area (Å²) in [6, 6.07) is 13.9. The van der Waals surface area contributed by atoms with E-state index in [0.717, 1.165) is 24.2 Å². The lowest BCUT2D eigenvalue weighted by Crippen LogP contribution is -2.45. The Morgan fingerprint density at radius 1 is 1.06 bits per heavy atom. The van der Waals surface area contributed by atoms with E-state index in [4.69, 9.17) is 4.74 Å². The number of ether oxygens (including phenoxy) is 1. The van der Waals surface area contributed by atoms with Gasteiger partial charge in [-0.3, -0.25) is 9.59 Å². The van der Waals surface area contributed by atoms with Crippen LogP contribution in [0.5, 0.6) is 5.75 Å². The van der Waals surface area contributed by atoms with Crippen LogP contribution in [0.15, 0.2) is 53.4 Å². The van der Waals surface area contributed by atoms with Gasteiger partial charge < -0.3 is 15.0 Å². The van der Waals surface area contributed by atoms with Crippen molar-refractivity contribution in [2.45, 2.75) is 37.1 Å². The molecule has 176 valence electrons. The van der Waals surface area contributed by atoms with Crippen molar-refractivity contribution in [2.24, 2.45) is 5.92 Å². The molecule has 0 aliphatic carbocycles. The van der Waals surface area contributed by atoms with Crippen molar-refractivity contribution in [1.82, 2.24) is 9.62 Å². The van der Waals surface area contributed by atoms with Gasteiger partial charge in [-0.15, -0.1) is 0 Å². The summed E-state index contributed by atoms with van der Waals surface area (Å²) < 4.78 is 32.5. The van der Waals surface area contributed by atoms with Gasteiger partial charge in [0.2, 0.25) is 21.8 Å². The summed E-state index contributed by atoms with van der Waals surface area (Å²) in [5, 5.41) is 2.94. The van der Waals surface area contributed by atoms with E-state index in [1.807, 2.05) is 24.3 Å². The van der Waals surface area contributed by atoms with E-state index >= 15 is 0 Å². The minimum atomic E-state index is -3.67. The summed E-state index contributed by atoms with van der Waals surface area (Å²) in [6.45, 7) is 1.66. The number of carbonyl (C=O) groups excluding carboxylic acids is 2. The Bertz CT molecular complexity index is 1100. The maximum Gasteiger partial charge on any atom is 0.243 e.